The van der Waals surface area contributed by atoms with Gasteiger partial charge in [0.15, 0.2) is 0 Å². The highest BCUT2D eigenvalue weighted by Gasteiger charge is 2.09. The minimum Gasteiger partial charge on any atom is -0.465 e. The highest BCUT2D eigenvalue weighted by Crippen LogP contribution is 2.12. The van der Waals surface area contributed by atoms with Crippen molar-refractivity contribution in [2.45, 2.75) is 6.92 Å². The number of nitrogens with one attached hydrogen (secondary N) is 2. The molecule has 0 unspecified atom stereocenters. The van der Waals surface area contributed by atoms with Crippen molar-refractivity contribution in [2.24, 2.45) is 0 Å². The lowest BCUT2D eigenvalue weighted by atomic mass is 10.2. The minimum absolute atomic E-state index is 0.272. The fourth-order valence-corrected chi connectivity index (χ4v) is 1.89. The molecule has 0 aliphatic rings. The van der Waals surface area contributed by atoms with Crippen LogP contribution in [0.4, 0.5) is 16.3 Å². The summed E-state index contributed by atoms with van der Waals surface area (Å²) in [5, 5.41) is 5.13. The first kappa shape index (κ1) is 17.9. The van der Waals surface area contributed by atoms with Crippen molar-refractivity contribution < 1.29 is 23.9 Å². The fourth-order valence-electron chi connectivity index (χ4n) is 1.89. The van der Waals surface area contributed by atoms with Gasteiger partial charge >= 0.3 is 18.0 Å². The van der Waals surface area contributed by atoms with Gasteiger partial charge in [-0.2, -0.15) is 0 Å². The molecule has 0 saturated heterocycles. The molecule has 1 heterocycles. The van der Waals surface area contributed by atoms with Gasteiger partial charge in [-0.1, -0.05) is 0 Å². The molecule has 2 aromatic rings. The number of amides is 2. The predicted octanol–water partition coefficient (Wildman–Crippen LogP) is 2.69. The Morgan fingerprint density at radius 3 is 2.20 bits per heavy atom. The highest BCUT2D eigenvalue weighted by molar-refractivity contribution is 5.99. The van der Waals surface area contributed by atoms with Gasteiger partial charge in [-0.3, -0.25) is 5.32 Å². The molecule has 1 aromatic carbocycles. The summed E-state index contributed by atoms with van der Waals surface area (Å²) < 4.78 is 9.45. The number of carbonyl (C=O) groups is 3. The first-order valence-electron chi connectivity index (χ1n) is 7.43. The fraction of sp³-hybridized carbons (Fsp3) is 0.176. The Morgan fingerprint density at radius 1 is 0.960 bits per heavy atom. The van der Waals surface area contributed by atoms with Crippen LogP contribution in [-0.2, 0) is 9.47 Å². The second-order valence-corrected chi connectivity index (χ2v) is 4.80. The van der Waals surface area contributed by atoms with E-state index < -0.39 is 18.0 Å². The van der Waals surface area contributed by atoms with Gasteiger partial charge in [0.05, 0.1) is 24.8 Å². The second kappa shape index (κ2) is 8.44. The van der Waals surface area contributed by atoms with Crippen LogP contribution in [0.5, 0.6) is 0 Å². The van der Waals surface area contributed by atoms with Crippen LogP contribution in [0.1, 0.15) is 27.6 Å². The van der Waals surface area contributed by atoms with Gasteiger partial charge in [-0.15, -0.1) is 0 Å². The molecule has 1 aromatic heterocycles. The van der Waals surface area contributed by atoms with Crippen LogP contribution in [0.15, 0.2) is 42.6 Å². The molecule has 2 rings (SSSR count). The quantitative estimate of drug-likeness (QED) is 0.808. The van der Waals surface area contributed by atoms with E-state index in [0.29, 0.717) is 17.9 Å². The van der Waals surface area contributed by atoms with Gasteiger partial charge in [0.25, 0.3) is 0 Å². The molecular formula is C17H17N3O5. The molecule has 0 spiro atoms. The van der Waals surface area contributed by atoms with Gasteiger partial charge in [-0.25, -0.2) is 19.4 Å². The van der Waals surface area contributed by atoms with E-state index in [1.54, 1.807) is 31.2 Å². The Balaban J connectivity index is 1.93. The van der Waals surface area contributed by atoms with Crippen LogP contribution in [0, 0.1) is 0 Å². The summed E-state index contributed by atoms with van der Waals surface area (Å²) >= 11 is 0. The van der Waals surface area contributed by atoms with E-state index in [1.807, 2.05) is 0 Å². The summed E-state index contributed by atoms with van der Waals surface area (Å²) in [5.74, 6) is -0.660. The van der Waals surface area contributed by atoms with E-state index in [4.69, 9.17) is 4.74 Å². The number of hydrogen-bond acceptors (Lipinski definition) is 6. The number of ether oxygens (including phenoxy) is 2. The Kier molecular flexibility index (Phi) is 6.05. The normalized spacial score (nSPS) is 9.84. The standard InChI is InChI=1S/C17H17N3O5/c1-3-25-16(22)11-4-7-13(8-5-11)19-17(23)20-14-9-6-12(10-18-14)15(21)24-2/h4-10H,3H2,1-2H3,(H2,18,19,20,23). The van der Waals surface area contributed by atoms with E-state index in [-0.39, 0.29) is 11.4 Å². The van der Waals surface area contributed by atoms with E-state index in [0.717, 1.165) is 0 Å². The number of aromatic nitrogens is 1. The molecule has 130 valence electrons. The summed E-state index contributed by atoms with van der Waals surface area (Å²) in [5.41, 5.74) is 1.17. The smallest absolute Gasteiger partial charge is 0.339 e. The Hall–Kier alpha value is -3.42. The topological polar surface area (TPSA) is 107 Å². The molecule has 2 amide bonds. The maximum Gasteiger partial charge on any atom is 0.339 e. The predicted molar refractivity (Wildman–Crippen MR) is 90.6 cm³/mol. The van der Waals surface area contributed by atoms with E-state index in [9.17, 15) is 14.4 Å². The van der Waals surface area contributed by atoms with Crippen LogP contribution in [0.2, 0.25) is 0 Å². The van der Waals surface area contributed by atoms with Crippen molar-refractivity contribution in [3.05, 3.63) is 53.7 Å². The number of nitrogens with zero attached hydrogens (tertiary/aromatic N) is 1. The molecule has 0 fully saturated rings. The largest absolute Gasteiger partial charge is 0.465 e. The number of urea groups is 1. The maximum atomic E-state index is 11.9. The van der Waals surface area contributed by atoms with Gasteiger partial charge in [0.2, 0.25) is 0 Å². The van der Waals surface area contributed by atoms with E-state index in [1.165, 1.54) is 25.4 Å². The number of pyridine rings is 1. The van der Waals surface area contributed by atoms with Crippen molar-refractivity contribution in [3.8, 4) is 0 Å². The number of rotatable bonds is 5. The minimum atomic E-state index is -0.512. The van der Waals surface area contributed by atoms with Crippen molar-refractivity contribution in [1.29, 1.82) is 0 Å². The molecule has 8 heteroatoms. The van der Waals surface area contributed by atoms with E-state index >= 15 is 0 Å². The van der Waals surface area contributed by atoms with Crippen molar-refractivity contribution in [1.82, 2.24) is 4.98 Å². The molecule has 25 heavy (non-hydrogen) atoms. The zero-order chi connectivity index (χ0) is 18.2. The van der Waals surface area contributed by atoms with Gasteiger partial charge in [0.1, 0.15) is 5.82 Å². The Labute approximate surface area is 144 Å². The summed E-state index contributed by atoms with van der Waals surface area (Å²) in [6.07, 6.45) is 1.30. The number of hydrogen-bond donors (Lipinski definition) is 2. The highest BCUT2D eigenvalue weighted by atomic mass is 16.5. The number of benzene rings is 1. The maximum absolute atomic E-state index is 11.9. The van der Waals surface area contributed by atoms with Gasteiger partial charge in [0, 0.05) is 11.9 Å². The van der Waals surface area contributed by atoms with E-state index in [2.05, 4.69) is 20.4 Å². The molecule has 0 aliphatic carbocycles. The summed E-state index contributed by atoms with van der Waals surface area (Å²) in [4.78, 5) is 38.7. The number of esters is 2. The number of carbonyl (C=O) groups excluding carboxylic acids is 3. The van der Waals surface area contributed by atoms with Crippen LogP contribution < -0.4 is 10.6 Å². The third-order valence-corrected chi connectivity index (χ3v) is 3.08. The molecule has 0 radical (unpaired) electrons. The van der Waals surface area contributed by atoms with Crippen LogP contribution >= 0.6 is 0 Å². The lowest BCUT2D eigenvalue weighted by molar-refractivity contribution is 0.0525. The third-order valence-electron chi connectivity index (χ3n) is 3.08. The Bertz CT molecular complexity index is 757. The first-order valence-corrected chi connectivity index (χ1v) is 7.43. The average molecular weight is 343 g/mol. The molecule has 0 aliphatic heterocycles. The van der Waals surface area contributed by atoms with Crippen LogP contribution in [0.25, 0.3) is 0 Å². The van der Waals surface area contributed by atoms with Crippen molar-refractivity contribution >= 4 is 29.5 Å². The zero-order valence-electron chi connectivity index (χ0n) is 13.7. The van der Waals surface area contributed by atoms with Crippen LogP contribution in [-0.4, -0.2) is 36.7 Å². The van der Waals surface area contributed by atoms with Gasteiger partial charge in [-0.05, 0) is 43.3 Å². The van der Waals surface area contributed by atoms with Gasteiger partial charge < -0.3 is 14.8 Å². The second-order valence-electron chi connectivity index (χ2n) is 4.80. The number of methoxy groups -OCH3 is 1. The van der Waals surface area contributed by atoms with Crippen molar-refractivity contribution in [2.75, 3.05) is 24.4 Å². The lowest BCUT2D eigenvalue weighted by Crippen LogP contribution is -2.20. The molecular weight excluding hydrogens is 326 g/mol. The van der Waals surface area contributed by atoms with Crippen molar-refractivity contribution in [3.63, 3.8) is 0 Å². The Morgan fingerprint density at radius 2 is 1.64 bits per heavy atom. The molecule has 0 atom stereocenters. The average Bonchev–Trinajstić information content (AvgIpc) is 2.62. The summed E-state index contributed by atoms with van der Waals surface area (Å²) in [6.45, 7) is 2.02. The summed E-state index contributed by atoms with van der Waals surface area (Å²) in [7, 11) is 1.27. The summed E-state index contributed by atoms with van der Waals surface area (Å²) in [6, 6.07) is 8.73. The molecule has 0 saturated carbocycles. The zero-order valence-corrected chi connectivity index (χ0v) is 13.7. The molecule has 2 N–H and O–H groups in total. The third kappa shape index (κ3) is 5.03. The molecule has 8 nitrogen and oxygen atoms in total. The first-order chi connectivity index (χ1) is 12.0. The lowest BCUT2D eigenvalue weighted by Gasteiger charge is -2.08. The SMILES string of the molecule is CCOC(=O)c1ccc(NC(=O)Nc2ccc(C(=O)OC)cn2)cc1. The van der Waals surface area contributed by atoms with Crippen LogP contribution in [0.3, 0.4) is 0 Å². The number of anilines is 2. The molecule has 0 bridgehead atoms. The monoisotopic (exact) mass is 343 g/mol.